The van der Waals surface area contributed by atoms with Crippen molar-refractivity contribution in [3.63, 3.8) is 0 Å². The fourth-order valence-corrected chi connectivity index (χ4v) is 3.06. The van der Waals surface area contributed by atoms with Crippen LogP contribution >= 0.6 is 12.2 Å². The molecule has 2 N–H and O–H groups in total. The number of ether oxygens (including phenoxy) is 1. The molecular weight excluding hydrogens is 340 g/mol. The first kappa shape index (κ1) is 18.0. The van der Waals surface area contributed by atoms with Crippen LogP contribution < -0.4 is 15.4 Å². The number of rotatable bonds is 5. The van der Waals surface area contributed by atoms with E-state index in [0.717, 1.165) is 22.6 Å². The maximum atomic E-state index is 5.56. The summed E-state index contributed by atoms with van der Waals surface area (Å²) in [5, 5.41) is 7.29. The summed E-state index contributed by atoms with van der Waals surface area (Å²) in [6.07, 6.45) is 0. The van der Waals surface area contributed by atoms with E-state index in [2.05, 4.69) is 54.0 Å². The number of anilines is 1. The average Bonchev–Trinajstić information content (AvgIpc) is 2.67. The quantitative estimate of drug-likeness (QED) is 0.620. The minimum atomic E-state index is -0.0492. The van der Waals surface area contributed by atoms with Gasteiger partial charge in [-0.3, -0.25) is 0 Å². The van der Waals surface area contributed by atoms with Crippen LogP contribution in [0, 0.1) is 6.92 Å². The summed E-state index contributed by atoms with van der Waals surface area (Å²) >= 11 is 5.56. The molecule has 0 saturated heterocycles. The van der Waals surface area contributed by atoms with E-state index in [1.165, 1.54) is 5.56 Å². The minimum Gasteiger partial charge on any atom is -0.497 e. The second-order valence-corrected chi connectivity index (χ2v) is 6.49. The third-order valence-corrected chi connectivity index (χ3v) is 4.35. The molecule has 3 aromatic carbocycles. The molecule has 1 atom stereocenters. The smallest absolute Gasteiger partial charge is 0.171 e. The van der Waals surface area contributed by atoms with Gasteiger partial charge >= 0.3 is 0 Å². The molecule has 4 heteroatoms. The van der Waals surface area contributed by atoms with E-state index in [0.29, 0.717) is 5.11 Å². The highest BCUT2D eigenvalue weighted by molar-refractivity contribution is 7.80. The molecule has 0 aliphatic heterocycles. The molecule has 0 aliphatic carbocycles. The lowest BCUT2D eigenvalue weighted by Gasteiger charge is -2.22. The van der Waals surface area contributed by atoms with E-state index in [1.54, 1.807) is 7.11 Å². The van der Waals surface area contributed by atoms with Crippen LogP contribution in [0.4, 0.5) is 5.69 Å². The van der Waals surface area contributed by atoms with Gasteiger partial charge in [0.25, 0.3) is 0 Å². The summed E-state index contributed by atoms with van der Waals surface area (Å²) in [5.41, 5.74) is 4.42. The zero-order chi connectivity index (χ0) is 18.4. The SMILES string of the molecule is COc1ccc([C@@H](NC(=S)Nc2cccc(C)c2)c2ccccc2)cc1. The molecule has 0 heterocycles. The first-order valence-corrected chi connectivity index (χ1v) is 8.89. The maximum absolute atomic E-state index is 5.56. The van der Waals surface area contributed by atoms with E-state index < -0.39 is 0 Å². The Kier molecular flexibility index (Phi) is 5.87. The Morgan fingerprint density at radius 3 is 2.23 bits per heavy atom. The molecule has 3 aromatic rings. The van der Waals surface area contributed by atoms with Crippen LogP contribution in [0.3, 0.4) is 0 Å². The number of thiocarbonyl (C=S) groups is 1. The predicted molar refractivity (Wildman–Crippen MR) is 112 cm³/mol. The Bertz CT molecular complexity index is 863. The lowest BCUT2D eigenvalue weighted by Crippen LogP contribution is -2.33. The van der Waals surface area contributed by atoms with Gasteiger partial charge in [0, 0.05) is 5.69 Å². The number of hydrogen-bond donors (Lipinski definition) is 2. The Labute approximate surface area is 160 Å². The summed E-state index contributed by atoms with van der Waals surface area (Å²) in [4.78, 5) is 0. The van der Waals surface area contributed by atoms with Gasteiger partial charge < -0.3 is 15.4 Å². The van der Waals surface area contributed by atoms with Gasteiger partial charge in [-0.2, -0.15) is 0 Å². The molecule has 0 aliphatic rings. The fraction of sp³-hybridized carbons (Fsp3) is 0.136. The molecule has 0 unspecified atom stereocenters. The molecule has 3 nitrogen and oxygen atoms in total. The molecule has 0 amide bonds. The lowest BCUT2D eigenvalue weighted by molar-refractivity contribution is 0.414. The third kappa shape index (κ3) is 4.61. The van der Waals surface area contributed by atoms with Gasteiger partial charge in [-0.25, -0.2) is 0 Å². The van der Waals surface area contributed by atoms with Crippen molar-refractivity contribution in [2.75, 3.05) is 12.4 Å². The van der Waals surface area contributed by atoms with Crippen molar-refractivity contribution < 1.29 is 4.74 Å². The van der Waals surface area contributed by atoms with Gasteiger partial charge in [-0.05, 0) is 60.1 Å². The van der Waals surface area contributed by atoms with Crippen LogP contribution in [0.15, 0.2) is 78.9 Å². The largest absolute Gasteiger partial charge is 0.497 e. The van der Waals surface area contributed by atoms with Crippen LogP contribution in [0.25, 0.3) is 0 Å². The van der Waals surface area contributed by atoms with Crippen LogP contribution in [0.1, 0.15) is 22.7 Å². The van der Waals surface area contributed by atoms with Crippen LogP contribution in [-0.2, 0) is 0 Å². The molecule has 0 fully saturated rings. The van der Waals surface area contributed by atoms with Gasteiger partial charge in [0.1, 0.15) is 5.75 Å². The van der Waals surface area contributed by atoms with Gasteiger partial charge in [0.05, 0.1) is 13.2 Å². The number of hydrogen-bond acceptors (Lipinski definition) is 2. The molecule has 0 radical (unpaired) electrons. The molecule has 0 aromatic heterocycles. The van der Waals surface area contributed by atoms with Gasteiger partial charge in [0.2, 0.25) is 0 Å². The Morgan fingerprint density at radius 2 is 1.58 bits per heavy atom. The van der Waals surface area contributed by atoms with Crippen molar-refractivity contribution in [2.24, 2.45) is 0 Å². The first-order valence-electron chi connectivity index (χ1n) is 8.49. The minimum absolute atomic E-state index is 0.0492. The Morgan fingerprint density at radius 1 is 0.885 bits per heavy atom. The van der Waals surface area contributed by atoms with E-state index in [1.807, 2.05) is 42.5 Å². The molecule has 0 bridgehead atoms. The van der Waals surface area contributed by atoms with Crippen molar-refractivity contribution in [3.05, 3.63) is 95.6 Å². The number of benzene rings is 3. The highest BCUT2D eigenvalue weighted by Gasteiger charge is 2.15. The second-order valence-electron chi connectivity index (χ2n) is 6.08. The van der Waals surface area contributed by atoms with E-state index in [-0.39, 0.29) is 6.04 Å². The zero-order valence-corrected chi connectivity index (χ0v) is 15.7. The molecule has 0 saturated carbocycles. The van der Waals surface area contributed by atoms with E-state index >= 15 is 0 Å². The van der Waals surface area contributed by atoms with Crippen molar-refractivity contribution >= 4 is 23.0 Å². The fourth-order valence-electron chi connectivity index (χ4n) is 2.82. The summed E-state index contributed by atoms with van der Waals surface area (Å²) in [6, 6.07) is 26.4. The normalized spacial score (nSPS) is 11.5. The maximum Gasteiger partial charge on any atom is 0.171 e. The van der Waals surface area contributed by atoms with Crippen molar-refractivity contribution in [3.8, 4) is 5.75 Å². The highest BCUT2D eigenvalue weighted by Crippen LogP contribution is 2.24. The number of methoxy groups -OCH3 is 1. The van der Waals surface area contributed by atoms with Crippen molar-refractivity contribution in [1.82, 2.24) is 5.32 Å². The summed E-state index contributed by atoms with van der Waals surface area (Å²) in [6.45, 7) is 2.06. The van der Waals surface area contributed by atoms with Crippen molar-refractivity contribution in [2.45, 2.75) is 13.0 Å². The lowest BCUT2D eigenvalue weighted by atomic mass is 9.99. The van der Waals surface area contributed by atoms with Gasteiger partial charge in [-0.15, -0.1) is 0 Å². The van der Waals surface area contributed by atoms with E-state index in [4.69, 9.17) is 17.0 Å². The van der Waals surface area contributed by atoms with Crippen LogP contribution in [0.2, 0.25) is 0 Å². The van der Waals surface area contributed by atoms with Gasteiger partial charge in [0.15, 0.2) is 5.11 Å². The Balaban J connectivity index is 1.82. The van der Waals surface area contributed by atoms with Crippen LogP contribution in [-0.4, -0.2) is 12.2 Å². The molecular formula is C22H22N2OS. The standard InChI is InChI=1S/C22H22N2OS/c1-16-7-6-10-19(15-16)23-22(26)24-21(17-8-4-3-5-9-17)18-11-13-20(25-2)14-12-18/h3-15,21H,1-2H3,(H2,23,24,26)/t21-/m0/s1. The summed E-state index contributed by atoms with van der Waals surface area (Å²) < 4.78 is 5.27. The summed E-state index contributed by atoms with van der Waals surface area (Å²) in [5.74, 6) is 0.834. The zero-order valence-electron chi connectivity index (χ0n) is 14.9. The molecule has 132 valence electrons. The van der Waals surface area contributed by atoms with Crippen molar-refractivity contribution in [1.29, 1.82) is 0 Å². The molecule has 0 spiro atoms. The number of nitrogens with one attached hydrogen (secondary N) is 2. The van der Waals surface area contributed by atoms with E-state index in [9.17, 15) is 0 Å². The van der Waals surface area contributed by atoms with Gasteiger partial charge in [-0.1, -0.05) is 54.6 Å². The molecule has 26 heavy (non-hydrogen) atoms. The molecule has 3 rings (SSSR count). The second kappa shape index (κ2) is 8.50. The Hall–Kier alpha value is -2.85. The highest BCUT2D eigenvalue weighted by atomic mass is 32.1. The third-order valence-electron chi connectivity index (χ3n) is 4.13. The monoisotopic (exact) mass is 362 g/mol. The summed E-state index contributed by atoms with van der Waals surface area (Å²) in [7, 11) is 1.67. The van der Waals surface area contributed by atoms with Crippen LogP contribution in [0.5, 0.6) is 5.75 Å². The average molecular weight is 362 g/mol. The predicted octanol–water partition coefficient (Wildman–Crippen LogP) is 5.08. The number of aryl methyl sites for hydroxylation is 1. The first-order chi connectivity index (χ1) is 12.7. The topological polar surface area (TPSA) is 33.3 Å².